The Morgan fingerprint density at radius 3 is 1.40 bits per heavy atom. The van der Waals surface area contributed by atoms with Crippen molar-refractivity contribution in [2.75, 3.05) is 4.90 Å². The summed E-state index contributed by atoms with van der Waals surface area (Å²) >= 11 is 1.92. The van der Waals surface area contributed by atoms with Gasteiger partial charge < -0.3 is 14.0 Å². The van der Waals surface area contributed by atoms with Gasteiger partial charge in [0.2, 0.25) is 0 Å². The Kier molecular flexibility index (Phi) is 8.39. The highest BCUT2D eigenvalue weighted by molar-refractivity contribution is 7.26. The van der Waals surface area contributed by atoms with Crippen LogP contribution in [0.15, 0.2) is 237 Å². The molecule has 0 radical (unpaired) electrons. The van der Waals surface area contributed by atoms with Crippen LogP contribution in [0.2, 0.25) is 0 Å². The molecule has 4 heteroatoms. The van der Waals surface area contributed by atoms with E-state index in [0.717, 1.165) is 11.4 Å². The summed E-state index contributed by atoms with van der Waals surface area (Å²) in [5, 5.41) is 15.4. The van der Waals surface area contributed by atoms with Crippen LogP contribution in [0.25, 0.3) is 119 Å². The second-order valence-electron chi connectivity index (χ2n) is 20.5. The summed E-state index contributed by atoms with van der Waals surface area (Å²) in [5.74, 6) is 0. The van der Waals surface area contributed by atoms with Gasteiger partial charge in [-0.15, -0.1) is 11.3 Å². The van der Waals surface area contributed by atoms with Crippen LogP contribution < -0.4 is 4.90 Å². The molecule has 3 nitrogen and oxygen atoms in total. The van der Waals surface area contributed by atoms with E-state index < -0.39 is 0 Å². The predicted molar refractivity (Wildman–Crippen MR) is 313 cm³/mol. The first-order valence-electron chi connectivity index (χ1n) is 25.3. The number of thiophene rings is 1. The topological polar surface area (TPSA) is 13.1 Å². The average molecular weight is 948 g/mol. The summed E-state index contributed by atoms with van der Waals surface area (Å²) < 4.78 is 7.45. The molecular weight excluding hydrogens is 903 g/mol. The summed E-state index contributed by atoms with van der Waals surface area (Å²) in [6.45, 7) is 4.82. The lowest BCUT2D eigenvalue weighted by molar-refractivity contribution is 0.633. The lowest BCUT2D eigenvalue weighted by atomic mass is 9.73. The Morgan fingerprint density at radius 2 is 0.753 bits per heavy atom. The van der Waals surface area contributed by atoms with Crippen molar-refractivity contribution in [2.45, 2.75) is 19.3 Å². The molecule has 0 N–H and O–H groups in total. The number of aromatic nitrogens is 2. The van der Waals surface area contributed by atoms with Gasteiger partial charge in [-0.1, -0.05) is 147 Å². The van der Waals surface area contributed by atoms with Gasteiger partial charge in [0, 0.05) is 64.2 Å². The lowest BCUT2D eigenvalue weighted by Crippen LogP contribution is -2.30. The van der Waals surface area contributed by atoms with Crippen LogP contribution in [0.5, 0.6) is 0 Å². The first kappa shape index (κ1) is 40.7. The van der Waals surface area contributed by atoms with Crippen LogP contribution in [-0.2, 0) is 5.41 Å². The van der Waals surface area contributed by atoms with E-state index in [2.05, 4.69) is 264 Å². The largest absolute Gasteiger partial charge is 0.310 e. The number of rotatable bonds is 4. The van der Waals surface area contributed by atoms with E-state index in [9.17, 15) is 0 Å². The van der Waals surface area contributed by atoms with E-state index in [0.29, 0.717) is 0 Å². The Labute approximate surface area is 425 Å². The fraction of sp³-hybridized carbons (Fsp3) is 0.0435. The van der Waals surface area contributed by atoms with Crippen molar-refractivity contribution >= 4 is 125 Å². The van der Waals surface area contributed by atoms with Crippen molar-refractivity contribution in [3.05, 3.63) is 248 Å². The third kappa shape index (κ3) is 5.75. The van der Waals surface area contributed by atoms with Crippen LogP contribution in [0, 0.1) is 0 Å². The second-order valence-corrected chi connectivity index (χ2v) is 21.5. The monoisotopic (exact) mass is 947 g/mol. The van der Waals surface area contributed by atoms with E-state index in [1.807, 2.05) is 11.3 Å². The molecule has 0 atom stereocenters. The molecule has 0 aliphatic carbocycles. The van der Waals surface area contributed by atoms with Gasteiger partial charge in [-0.3, -0.25) is 0 Å². The number of fused-ring (bicyclic) bond motifs is 17. The van der Waals surface area contributed by atoms with Gasteiger partial charge in [-0.25, -0.2) is 0 Å². The fourth-order valence-electron chi connectivity index (χ4n) is 12.8. The number of benzene rings is 12. The predicted octanol–water partition coefficient (Wildman–Crippen LogP) is 19.5. The number of hydrogen-bond donors (Lipinski definition) is 0. The van der Waals surface area contributed by atoms with Gasteiger partial charge >= 0.3 is 0 Å². The van der Waals surface area contributed by atoms with Gasteiger partial charge in [-0.05, 0) is 158 Å². The molecule has 0 fully saturated rings. The van der Waals surface area contributed by atoms with Crippen LogP contribution in [-0.4, -0.2) is 9.13 Å². The Morgan fingerprint density at radius 1 is 0.288 bits per heavy atom. The molecule has 4 heterocycles. The average Bonchev–Trinajstić information content (AvgIpc) is 4.09. The first-order chi connectivity index (χ1) is 36.0. The molecule has 3 aromatic heterocycles. The zero-order valence-corrected chi connectivity index (χ0v) is 41.1. The second kappa shape index (κ2) is 15.0. The summed E-state index contributed by atoms with van der Waals surface area (Å²) in [4.78, 5) is 2.54. The molecule has 0 spiro atoms. The van der Waals surface area contributed by atoms with E-state index >= 15 is 0 Å². The molecular formula is C69H45N3S. The molecule has 1 aliphatic rings. The third-order valence-corrected chi connectivity index (χ3v) is 17.3. The highest BCUT2D eigenvalue weighted by atomic mass is 32.1. The minimum Gasteiger partial charge on any atom is -0.310 e. The van der Waals surface area contributed by atoms with Crippen molar-refractivity contribution < 1.29 is 0 Å². The van der Waals surface area contributed by atoms with Crippen molar-refractivity contribution in [1.82, 2.24) is 9.13 Å². The molecule has 0 unspecified atom stereocenters. The molecule has 1 aliphatic heterocycles. The molecule has 0 amide bonds. The normalized spacial score (nSPS) is 13.4. The highest BCUT2D eigenvalue weighted by Crippen LogP contribution is 2.55. The third-order valence-electron chi connectivity index (χ3n) is 16.2. The number of hydrogen-bond acceptors (Lipinski definition) is 2. The van der Waals surface area contributed by atoms with Crippen LogP contribution in [0.3, 0.4) is 0 Å². The summed E-state index contributed by atoms with van der Waals surface area (Å²) in [7, 11) is 0. The van der Waals surface area contributed by atoms with Crippen LogP contribution >= 0.6 is 11.3 Å². The number of anilines is 3. The minimum atomic E-state index is -0.249. The smallest absolute Gasteiger partial charge is 0.0542 e. The Balaban J connectivity index is 0.911. The van der Waals surface area contributed by atoms with Gasteiger partial charge in [0.05, 0.1) is 33.4 Å². The molecule has 0 saturated carbocycles. The maximum absolute atomic E-state index is 2.54. The zero-order chi connectivity index (χ0) is 48.1. The summed E-state index contributed by atoms with van der Waals surface area (Å²) in [6, 6.07) is 88.4. The molecule has 342 valence electrons. The van der Waals surface area contributed by atoms with Crippen molar-refractivity contribution in [1.29, 1.82) is 0 Å². The zero-order valence-electron chi connectivity index (χ0n) is 40.3. The first-order valence-corrected chi connectivity index (χ1v) is 26.1. The van der Waals surface area contributed by atoms with Crippen molar-refractivity contribution in [3.8, 4) is 22.5 Å². The van der Waals surface area contributed by atoms with Crippen LogP contribution in [0.4, 0.5) is 17.1 Å². The van der Waals surface area contributed by atoms with E-state index in [4.69, 9.17) is 0 Å². The molecule has 16 rings (SSSR count). The van der Waals surface area contributed by atoms with Gasteiger partial charge in [0.25, 0.3) is 0 Å². The molecule has 15 aromatic rings. The number of para-hydroxylation sites is 4. The summed E-state index contributed by atoms with van der Waals surface area (Å²) in [6.07, 6.45) is 0. The van der Waals surface area contributed by atoms with Gasteiger partial charge in [0.1, 0.15) is 0 Å². The summed E-state index contributed by atoms with van der Waals surface area (Å²) in [5.41, 5.74) is 15.5. The maximum atomic E-state index is 2.54. The fourth-order valence-corrected chi connectivity index (χ4v) is 14.0. The quantitative estimate of drug-likeness (QED) is 0.160. The van der Waals surface area contributed by atoms with Crippen molar-refractivity contribution in [2.24, 2.45) is 0 Å². The maximum Gasteiger partial charge on any atom is 0.0542 e. The standard InChI is InChI=1S/C69H45N3S/c1-69(2)59-26-14-16-28-65(59)72(66-41-68-58(39-60(66)69)57-38-52-49-23-11-9-21-47(49)48-22-10-12-24-50(48)53(52)40-67(57)73-68)46-31-34-64-56(37-46)55-36-43(30-33-63(55)71(64)45-19-7-4-8-20-45)42-29-32-62-54(35-42)51-25-13-15-27-61(51)70(62)44-17-5-3-6-18-44/h3-41H,1-2H3. The van der Waals surface area contributed by atoms with Gasteiger partial charge in [0.15, 0.2) is 0 Å². The Bertz CT molecular complexity index is 4820. The molecule has 0 bridgehead atoms. The molecule has 73 heavy (non-hydrogen) atoms. The van der Waals surface area contributed by atoms with E-state index in [1.165, 1.54) is 135 Å². The van der Waals surface area contributed by atoms with Crippen LogP contribution in [0.1, 0.15) is 25.0 Å². The highest BCUT2D eigenvalue weighted by Gasteiger charge is 2.38. The lowest BCUT2D eigenvalue weighted by Gasteiger charge is -2.42. The van der Waals surface area contributed by atoms with Gasteiger partial charge in [-0.2, -0.15) is 0 Å². The Hall–Kier alpha value is -8.96. The number of nitrogens with zero attached hydrogens (tertiary/aromatic N) is 3. The minimum absolute atomic E-state index is 0.249. The van der Waals surface area contributed by atoms with Crippen molar-refractivity contribution in [3.63, 3.8) is 0 Å². The SMILES string of the molecule is CC1(C)c2ccccc2N(c2ccc3c(c2)c2cc(-c4ccc5c(c4)c4ccccc4n5-c4ccccc4)ccc2n3-c2ccccc2)c2cc3sc4cc5c6ccccc6c6ccccc6c5cc4c3cc21. The molecule has 0 saturated heterocycles. The van der Waals surface area contributed by atoms with E-state index in [1.54, 1.807) is 0 Å². The molecule has 12 aromatic carbocycles. The van der Waals surface area contributed by atoms with E-state index in [-0.39, 0.29) is 5.41 Å².